The standard InChI is InChI=1S/C21H28BF3O7/c1-7-14-20(6,8-2)32-22(31-14)11-12-9-10-13(21(23,24)25)15(17(26)27)16(12)29-18(28)30-19(3,4)5/h9-10,14H,7-8,11H2,1-6H3,(H,26,27)/t14?,20-/m0/s1. The molecule has 1 aliphatic heterocycles. The minimum Gasteiger partial charge on any atom is -0.478 e. The van der Waals surface area contributed by atoms with E-state index in [9.17, 15) is 27.9 Å². The van der Waals surface area contributed by atoms with Gasteiger partial charge in [0.2, 0.25) is 0 Å². The number of halogens is 3. The van der Waals surface area contributed by atoms with Gasteiger partial charge in [0, 0.05) is 6.32 Å². The van der Waals surface area contributed by atoms with Crippen LogP contribution in [0.15, 0.2) is 12.1 Å². The fourth-order valence-electron chi connectivity index (χ4n) is 3.55. The summed E-state index contributed by atoms with van der Waals surface area (Å²) in [6, 6.07) is 1.70. The summed E-state index contributed by atoms with van der Waals surface area (Å²) in [5, 5.41) is 9.55. The number of carbonyl (C=O) groups is 2. The van der Waals surface area contributed by atoms with E-state index in [4.69, 9.17) is 18.8 Å². The number of alkyl halides is 3. The molecule has 11 heteroatoms. The Morgan fingerprint density at radius 1 is 1.22 bits per heavy atom. The van der Waals surface area contributed by atoms with E-state index in [1.807, 2.05) is 20.8 Å². The van der Waals surface area contributed by atoms with Gasteiger partial charge in [-0.05, 0) is 52.2 Å². The SMILES string of the molecule is CCC1OB(Cc2ccc(C(F)(F)F)c(C(=O)O)c2OC(=O)OC(C)(C)C)O[C@@]1(C)CC. The van der Waals surface area contributed by atoms with Crippen molar-refractivity contribution < 1.29 is 46.6 Å². The van der Waals surface area contributed by atoms with Gasteiger partial charge in [0.25, 0.3) is 0 Å². The third kappa shape index (κ3) is 5.95. The Labute approximate surface area is 185 Å². The Hall–Kier alpha value is -2.27. The number of carboxylic acids is 1. The predicted octanol–water partition coefficient (Wildman–Crippen LogP) is 5.28. The Balaban J connectivity index is 2.51. The van der Waals surface area contributed by atoms with Crippen LogP contribution in [0.5, 0.6) is 5.75 Å². The number of carboxylic acid groups (broad SMARTS) is 1. The summed E-state index contributed by atoms with van der Waals surface area (Å²) < 4.78 is 62.4. The molecule has 1 aromatic carbocycles. The Bertz CT molecular complexity index is 866. The third-order valence-electron chi connectivity index (χ3n) is 5.19. The van der Waals surface area contributed by atoms with Crippen LogP contribution >= 0.6 is 0 Å². The first-order valence-corrected chi connectivity index (χ1v) is 10.3. The van der Waals surface area contributed by atoms with Crippen LogP contribution in [0.3, 0.4) is 0 Å². The molecule has 32 heavy (non-hydrogen) atoms. The van der Waals surface area contributed by atoms with Crippen LogP contribution in [0.1, 0.15) is 75.9 Å². The molecule has 0 radical (unpaired) electrons. The van der Waals surface area contributed by atoms with E-state index < -0.39 is 53.5 Å². The van der Waals surface area contributed by atoms with Crippen molar-refractivity contribution in [3.63, 3.8) is 0 Å². The monoisotopic (exact) mass is 460 g/mol. The number of ether oxygens (including phenoxy) is 2. The summed E-state index contributed by atoms with van der Waals surface area (Å²) in [7, 11) is -0.857. The van der Waals surface area contributed by atoms with E-state index >= 15 is 0 Å². The summed E-state index contributed by atoms with van der Waals surface area (Å²) in [5.41, 5.74) is -4.21. The van der Waals surface area contributed by atoms with Crippen molar-refractivity contribution in [1.82, 2.24) is 0 Å². The molecular weight excluding hydrogens is 432 g/mol. The fraction of sp³-hybridized carbons (Fsp3) is 0.619. The fourth-order valence-corrected chi connectivity index (χ4v) is 3.55. The van der Waals surface area contributed by atoms with Crippen LogP contribution in [-0.2, 0) is 26.5 Å². The Morgan fingerprint density at radius 2 is 1.84 bits per heavy atom. The molecule has 178 valence electrons. The molecule has 1 saturated heterocycles. The minimum atomic E-state index is -4.98. The van der Waals surface area contributed by atoms with E-state index in [0.717, 1.165) is 6.07 Å². The molecule has 1 unspecified atom stereocenters. The Morgan fingerprint density at radius 3 is 2.28 bits per heavy atom. The van der Waals surface area contributed by atoms with Crippen molar-refractivity contribution in [3.8, 4) is 5.75 Å². The van der Waals surface area contributed by atoms with Gasteiger partial charge in [-0.2, -0.15) is 13.2 Å². The molecule has 0 saturated carbocycles. The van der Waals surface area contributed by atoms with E-state index in [0.29, 0.717) is 18.9 Å². The highest BCUT2D eigenvalue weighted by atomic mass is 19.4. The predicted molar refractivity (Wildman–Crippen MR) is 110 cm³/mol. The molecule has 0 spiro atoms. The normalized spacial score (nSPS) is 21.5. The molecule has 1 aromatic rings. The lowest BCUT2D eigenvalue weighted by Gasteiger charge is -2.27. The maximum atomic E-state index is 13.5. The first-order chi connectivity index (χ1) is 14.6. The molecule has 0 aliphatic carbocycles. The first-order valence-electron chi connectivity index (χ1n) is 10.3. The average molecular weight is 460 g/mol. The van der Waals surface area contributed by atoms with Crippen LogP contribution < -0.4 is 4.74 Å². The van der Waals surface area contributed by atoms with Crippen LogP contribution in [-0.4, -0.2) is 41.7 Å². The molecule has 1 N–H and O–H groups in total. The number of rotatable bonds is 6. The molecule has 2 atom stereocenters. The molecule has 0 amide bonds. The van der Waals surface area contributed by atoms with Crippen molar-refractivity contribution in [1.29, 1.82) is 0 Å². The van der Waals surface area contributed by atoms with Crippen molar-refractivity contribution >= 4 is 19.2 Å². The van der Waals surface area contributed by atoms with Crippen LogP contribution in [0.25, 0.3) is 0 Å². The summed E-state index contributed by atoms with van der Waals surface area (Å²) in [6.45, 7) is 10.3. The van der Waals surface area contributed by atoms with Crippen LogP contribution in [0.2, 0.25) is 0 Å². The highest BCUT2D eigenvalue weighted by Crippen LogP contribution is 2.40. The molecule has 2 rings (SSSR count). The van der Waals surface area contributed by atoms with Gasteiger partial charge in [0.15, 0.2) is 5.75 Å². The molecular formula is C21H28BF3O7. The van der Waals surface area contributed by atoms with Crippen molar-refractivity contribution in [2.75, 3.05) is 0 Å². The number of aromatic carboxylic acids is 1. The third-order valence-corrected chi connectivity index (χ3v) is 5.19. The lowest BCUT2D eigenvalue weighted by Crippen LogP contribution is -2.35. The topological polar surface area (TPSA) is 91.3 Å². The highest BCUT2D eigenvalue weighted by Gasteiger charge is 2.47. The zero-order chi connectivity index (χ0) is 24.5. The number of hydrogen-bond acceptors (Lipinski definition) is 6. The highest BCUT2D eigenvalue weighted by molar-refractivity contribution is 6.45. The van der Waals surface area contributed by atoms with Gasteiger partial charge in [-0.15, -0.1) is 0 Å². The molecule has 0 bridgehead atoms. The molecule has 7 nitrogen and oxygen atoms in total. The quantitative estimate of drug-likeness (QED) is 0.351. The van der Waals surface area contributed by atoms with Crippen molar-refractivity contribution in [2.24, 2.45) is 0 Å². The van der Waals surface area contributed by atoms with Gasteiger partial charge < -0.3 is 23.9 Å². The van der Waals surface area contributed by atoms with Crippen molar-refractivity contribution in [3.05, 3.63) is 28.8 Å². The smallest absolute Gasteiger partial charge is 0.478 e. The van der Waals surface area contributed by atoms with Crippen molar-refractivity contribution in [2.45, 2.75) is 84.2 Å². The maximum Gasteiger partial charge on any atom is 0.514 e. The minimum absolute atomic E-state index is 0.0152. The number of carbonyl (C=O) groups excluding carboxylic acids is 1. The van der Waals surface area contributed by atoms with E-state index in [1.54, 1.807) is 0 Å². The largest absolute Gasteiger partial charge is 0.514 e. The summed E-state index contributed by atoms with van der Waals surface area (Å²) in [6.07, 6.45) is -5.39. The van der Waals surface area contributed by atoms with E-state index in [1.165, 1.54) is 20.8 Å². The molecule has 0 aromatic heterocycles. The number of hydrogen-bond donors (Lipinski definition) is 1. The van der Waals surface area contributed by atoms with Gasteiger partial charge in [0.1, 0.15) is 11.2 Å². The lowest BCUT2D eigenvalue weighted by atomic mass is 9.79. The lowest BCUT2D eigenvalue weighted by molar-refractivity contribution is -0.138. The summed E-state index contributed by atoms with van der Waals surface area (Å²) >= 11 is 0. The maximum absolute atomic E-state index is 13.5. The average Bonchev–Trinajstić information content (AvgIpc) is 2.96. The molecule has 1 heterocycles. The van der Waals surface area contributed by atoms with Gasteiger partial charge in [0.05, 0.1) is 17.3 Å². The molecule has 1 aliphatic rings. The zero-order valence-electron chi connectivity index (χ0n) is 19.0. The van der Waals surface area contributed by atoms with E-state index in [-0.39, 0.29) is 18.0 Å². The van der Waals surface area contributed by atoms with E-state index in [2.05, 4.69) is 0 Å². The van der Waals surface area contributed by atoms with Gasteiger partial charge in [-0.3, -0.25) is 0 Å². The van der Waals surface area contributed by atoms with Crippen LogP contribution in [0.4, 0.5) is 18.0 Å². The van der Waals surface area contributed by atoms with Gasteiger partial charge in [-0.1, -0.05) is 19.9 Å². The van der Waals surface area contributed by atoms with Gasteiger partial charge in [-0.25, -0.2) is 9.59 Å². The number of benzene rings is 1. The first kappa shape index (κ1) is 26.0. The Kier molecular flexibility index (Phi) is 7.56. The zero-order valence-corrected chi connectivity index (χ0v) is 19.0. The second kappa shape index (κ2) is 9.31. The second-order valence-corrected chi connectivity index (χ2v) is 8.80. The van der Waals surface area contributed by atoms with Crippen LogP contribution in [0, 0.1) is 0 Å². The second-order valence-electron chi connectivity index (χ2n) is 8.80. The molecule has 1 fully saturated rings. The van der Waals surface area contributed by atoms with Gasteiger partial charge >= 0.3 is 25.4 Å². The summed E-state index contributed by atoms with van der Waals surface area (Å²) in [4.78, 5) is 24.0. The summed E-state index contributed by atoms with van der Waals surface area (Å²) in [5.74, 6) is -2.64.